The summed E-state index contributed by atoms with van der Waals surface area (Å²) in [6, 6.07) is 6.70. The first-order valence-corrected chi connectivity index (χ1v) is 8.13. The summed E-state index contributed by atoms with van der Waals surface area (Å²) < 4.78 is 5.84. The van der Waals surface area contributed by atoms with Crippen molar-refractivity contribution >= 4 is 0 Å². The van der Waals surface area contributed by atoms with E-state index in [2.05, 4.69) is 29.4 Å². The van der Waals surface area contributed by atoms with E-state index in [4.69, 9.17) is 4.74 Å². The molecule has 2 heterocycles. The fourth-order valence-corrected chi connectivity index (χ4v) is 2.82. The molecule has 1 fully saturated rings. The maximum atomic E-state index is 5.84. The van der Waals surface area contributed by atoms with Crippen molar-refractivity contribution in [1.82, 2.24) is 10.3 Å². The van der Waals surface area contributed by atoms with Crippen LogP contribution in [-0.4, -0.2) is 30.3 Å². The number of hydrogen-bond acceptors (Lipinski definition) is 3. The Morgan fingerprint density at radius 1 is 1.40 bits per heavy atom. The minimum Gasteiger partial charge on any atom is -0.378 e. The SMILES string of the molecule is CCCNC(CCC1CCCCO1)Cc1ccccn1. The monoisotopic (exact) mass is 276 g/mol. The molecule has 3 heteroatoms. The van der Waals surface area contributed by atoms with E-state index in [1.54, 1.807) is 0 Å². The highest BCUT2D eigenvalue weighted by Crippen LogP contribution is 2.18. The van der Waals surface area contributed by atoms with Gasteiger partial charge in [-0.1, -0.05) is 13.0 Å². The second kappa shape index (κ2) is 9.09. The van der Waals surface area contributed by atoms with Crippen LogP contribution >= 0.6 is 0 Å². The van der Waals surface area contributed by atoms with Crippen LogP contribution in [0, 0.1) is 0 Å². The smallest absolute Gasteiger partial charge is 0.0575 e. The van der Waals surface area contributed by atoms with Crippen LogP contribution in [0.5, 0.6) is 0 Å². The van der Waals surface area contributed by atoms with Gasteiger partial charge in [-0.3, -0.25) is 4.98 Å². The summed E-state index contributed by atoms with van der Waals surface area (Å²) in [5.74, 6) is 0. The number of nitrogens with one attached hydrogen (secondary N) is 1. The Hall–Kier alpha value is -0.930. The molecule has 2 atom stereocenters. The summed E-state index contributed by atoms with van der Waals surface area (Å²) in [7, 11) is 0. The van der Waals surface area contributed by atoms with Gasteiger partial charge in [-0.05, 0) is 57.2 Å². The van der Waals surface area contributed by atoms with Crippen LogP contribution in [0.25, 0.3) is 0 Å². The molecule has 1 aromatic heterocycles. The lowest BCUT2D eigenvalue weighted by Gasteiger charge is -2.25. The quantitative estimate of drug-likeness (QED) is 0.790. The van der Waals surface area contributed by atoms with E-state index < -0.39 is 0 Å². The minimum atomic E-state index is 0.485. The van der Waals surface area contributed by atoms with Gasteiger partial charge < -0.3 is 10.1 Å². The number of pyridine rings is 1. The van der Waals surface area contributed by atoms with E-state index in [0.29, 0.717) is 12.1 Å². The van der Waals surface area contributed by atoms with Crippen molar-refractivity contribution in [2.24, 2.45) is 0 Å². The molecule has 0 saturated carbocycles. The molecule has 1 saturated heterocycles. The third kappa shape index (κ3) is 5.59. The predicted octanol–water partition coefficient (Wildman–Crippen LogP) is 3.34. The van der Waals surface area contributed by atoms with Crippen molar-refractivity contribution in [2.45, 2.75) is 64.0 Å². The molecule has 0 bridgehead atoms. The molecule has 2 rings (SSSR count). The molecule has 0 amide bonds. The third-order valence-corrected chi connectivity index (χ3v) is 3.98. The zero-order chi connectivity index (χ0) is 14.0. The molecule has 0 aliphatic carbocycles. The van der Waals surface area contributed by atoms with E-state index in [0.717, 1.165) is 19.6 Å². The van der Waals surface area contributed by atoms with Crippen molar-refractivity contribution in [1.29, 1.82) is 0 Å². The Kier molecular flexibility index (Phi) is 7.02. The predicted molar refractivity (Wildman–Crippen MR) is 82.8 cm³/mol. The van der Waals surface area contributed by atoms with E-state index in [9.17, 15) is 0 Å². The van der Waals surface area contributed by atoms with Crippen LogP contribution in [0.3, 0.4) is 0 Å². The van der Waals surface area contributed by atoms with Crippen molar-refractivity contribution in [3.8, 4) is 0 Å². The molecular weight excluding hydrogens is 248 g/mol. The van der Waals surface area contributed by atoms with Gasteiger partial charge in [0.05, 0.1) is 6.10 Å². The number of ether oxygens (including phenoxy) is 1. The summed E-state index contributed by atoms with van der Waals surface area (Å²) in [5.41, 5.74) is 1.19. The normalized spacial score (nSPS) is 20.8. The average Bonchev–Trinajstić information content (AvgIpc) is 2.52. The van der Waals surface area contributed by atoms with Gasteiger partial charge in [-0.15, -0.1) is 0 Å². The summed E-state index contributed by atoms with van der Waals surface area (Å²) in [6.45, 7) is 4.26. The Morgan fingerprint density at radius 3 is 3.05 bits per heavy atom. The van der Waals surface area contributed by atoms with Crippen molar-refractivity contribution in [2.75, 3.05) is 13.2 Å². The van der Waals surface area contributed by atoms with Gasteiger partial charge in [-0.25, -0.2) is 0 Å². The fourth-order valence-electron chi connectivity index (χ4n) is 2.82. The van der Waals surface area contributed by atoms with E-state index in [-0.39, 0.29) is 0 Å². The molecule has 1 aromatic rings. The van der Waals surface area contributed by atoms with Crippen LogP contribution in [0.4, 0.5) is 0 Å². The van der Waals surface area contributed by atoms with Gasteiger partial charge in [0.15, 0.2) is 0 Å². The highest BCUT2D eigenvalue weighted by atomic mass is 16.5. The van der Waals surface area contributed by atoms with Gasteiger partial charge in [0.2, 0.25) is 0 Å². The van der Waals surface area contributed by atoms with Gasteiger partial charge in [0.25, 0.3) is 0 Å². The molecule has 112 valence electrons. The summed E-state index contributed by atoms with van der Waals surface area (Å²) in [5, 5.41) is 3.66. The summed E-state index contributed by atoms with van der Waals surface area (Å²) in [6.07, 6.45) is 10.7. The number of rotatable bonds is 8. The molecule has 1 aliphatic rings. The molecular formula is C17H28N2O. The zero-order valence-electron chi connectivity index (χ0n) is 12.7. The van der Waals surface area contributed by atoms with Crippen molar-refractivity contribution in [3.05, 3.63) is 30.1 Å². The highest BCUT2D eigenvalue weighted by Gasteiger charge is 2.17. The molecule has 0 aromatic carbocycles. The first-order chi connectivity index (χ1) is 9.88. The fraction of sp³-hybridized carbons (Fsp3) is 0.706. The van der Waals surface area contributed by atoms with Gasteiger partial charge in [-0.2, -0.15) is 0 Å². The lowest BCUT2D eigenvalue weighted by atomic mass is 9.99. The van der Waals surface area contributed by atoms with Gasteiger partial charge in [0, 0.05) is 31.0 Å². The molecule has 0 radical (unpaired) electrons. The van der Waals surface area contributed by atoms with E-state index in [1.807, 2.05) is 12.3 Å². The molecule has 1 N–H and O–H groups in total. The highest BCUT2D eigenvalue weighted by molar-refractivity contribution is 5.05. The Balaban J connectivity index is 1.79. The Morgan fingerprint density at radius 2 is 2.35 bits per heavy atom. The lowest BCUT2D eigenvalue weighted by Crippen LogP contribution is -2.33. The first kappa shape index (κ1) is 15.5. The average molecular weight is 276 g/mol. The topological polar surface area (TPSA) is 34.1 Å². The third-order valence-electron chi connectivity index (χ3n) is 3.98. The second-order valence-electron chi connectivity index (χ2n) is 5.74. The standard InChI is InChI=1S/C17H28N2O/c1-2-11-18-16(14-15-7-3-5-12-19-15)9-10-17-8-4-6-13-20-17/h3,5,7,12,16-18H,2,4,6,8-11,13-14H2,1H3. The zero-order valence-corrected chi connectivity index (χ0v) is 12.7. The second-order valence-corrected chi connectivity index (χ2v) is 5.74. The maximum absolute atomic E-state index is 5.84. The molecule has 2 unspecified atom stereocenters. The Labute approximate surface area is 123 Å². The lowest BCUT2D eigenvalue weighted by molar-refractivity contribution is 0.00857. The van der Waals surface area contributed by atoms with Crippen LogP contribution in [0.2, 0.25) is 0 Å². The van der Waals surface area contributed by atoms with Crippen molar-refractivity contribution in [3.63, 3.8) is 0 Å². The van der Waals surface area contributed by atoms with E-state index in [1.165, 1.54) is 44.2 Å². The molecule has 1 aliphatic heterocycles. The number of aromatic nitrogens is 1. The van der Waals surface area contributed by atoms with Crippen molar-refractivity contribution < 1.29 is 4.74 Å². The van der Waals surface area contributed by atoms with Crippen LogP contribution in [0.1, 0.15) is 51.1 Å². The van der Waals surface area contributed by atoms with Gasteiger partial charge >= 0.3 is 0 Å². The van der Waals surface area contributed by atoms with Crippen LogP contribution in [-0.2, 0) is 11.2 Å². The van der Waals surface area contributed by atoms with Crippen LogP contribution < -0.4 is 5.32 Å². The molecule has 20 heavy (non-hydrogen) atoms. The largest absolute Gasteiger partial charge is 0.378 e. The minimum absolute atomic E-state index is 0.485. The summed E-state index contributed by atoms with van der Waals surface area (Å²) in [4.78, 5) is 4.45. The number of hydrogen-bond donors (Lipinski definition) is 1. The first-order valence-electron chi connectivity index (χ1n) is 8.13. The van der Waals surface area contributed by atoms with E-state index >= 15 is 0 Å². The molecule has 3 nitrogen and oxygen atoms in total. The molecule has 0 spiro atoms. The maximum Gasteiger partial charge on any atom is 0.0575 e. The van der Waals surface area contributed by atoms with Gasteiger partial charge in [0.1, 0.15) is 0 Å². The summed E-state index contributed by atoms with van der Waals surface area (Å²) >= 11 is 0. The number of nitrogens with zero attached hydrogens (tertiary/aromatic N) is 1. The Bertz CT molecular complexity index is 349. The van der Waals surface area contributed by atoms with Crippen LogP contribution in [0.15, 0.2) is 24.4 Å².